The van der Waals surface area contributed by atoms with E-state index < -0.39 is 0 Å². The molecule has 7 heteroatoms. The average Bonchev–Trinajstić information content (AvgIpc) is 2.84. The Balaban J connectivity index is 1.66. The van der Waals surface area contributed by atoms with E-state index in [2.05, 4.69) is 10.3 Å². The fraction of sp³-hybridized carbons (Fsp3) is 0.222. The molecule has 1 heterocycles. The van der Waals surface area contributed by atoms with Crippen molar-refractivity contribution in [1.82, 2.24) is 14.5 Å². The SMILES string of the molecule is CN(CC(=O)Nc1ccccc1Cl)Cc1nc2cc(Cl)ccc2n1C. The lowest BCUT2D eigenvalue weighted by atomic mass is 10.3. The molecule has 0 saturated carbocycles. The van der Waals surface area contributed by atoms with Gasteiger partial charge in [0, 0.05) is 12.1 Å². The van der Waals surface area contributed by atoms with Crippen molar-refractivity contribution >= 4 is 45.8 Å². The minimum absolute atomic E-state index is 0.127. The summed E-state index contributed by atoms with van der Waals surface area (Å²) in [6.45, 7) is 0.772. The van der Waals surface area contributed by atoms with Crippen molar-refractivity contribution in [2.24, 2.45) is 7.05 Å². The highest BCUT2D eigenvalue weighted by molar-refractivity contribution is 6.33. The highest BCUT2D eigenvalue weighted by Crippen LogP contribution is 2.21. The molecule has 0 unspecified atom stereocenters. The molecule has 0 spiro atoms. The second-order valence-electron chi connectivity index (χ2n) is 5.92. The van der Waals surface area contributed by atoms with Gasteiger partial charge in [-0.05, 0) is 37.4 Å². The van der Waals surface area contributed by atoms with Crippen LogP contribution in [0.1, 0.15) is 5.82 Å². The maximum Gasteiger partial charge on any atom is 0.238 e. The van der Waals surface area contributed by atoms with E-state index in [1.165, 1.54) is 0 Å². The molecule has 0 fully saturated rings. The van der Waals surface area contributed by atoms with Gasteiger partial charge < -0.3 is 9.88 Å². The van der Waals surface area contributed by atoms with Crippen LogP contribution in [-0.2, 0) is 18.4 Å². The second kappa shape index (κ2) is 7.44. The van der Waals surface area contributed by atoms with Gasteiger partial charge in [-0.1, -0.05) is 35.3 Å². The van der Waals surface area contributed by atoms with Crippen molar-refractivity contribution in [3.8, 4) is 0 Å². The van der Waals surface area contributed by atoms with Gasteiger partial charge in [0.15, 0.2) is 0 Å². The molecule has 5 nitrogen and oxygen atoms in total. The smallest absolute Gasteiger partial charge is 0.238 e. The van der Waals surface area contributed by atoms with Gasteiger partial charge in [0.2, 0.25) is 5.91 Å². The molecule has 130 valence electrons. The number of amides is 1. The van der Waals surface area contributed by atoms with E-state index in [1.807, 2.05) is 53.9 Å². The van der Waals surface area contributed by atoms with Crippen LogP contribution in [0.3, 0.4) is 0 Å². The number of rotatable bonds is 5. The first kappa shape index (κ1) is 17.7. The maximum absolute atomic E-state index is 12.2. The van der Waals surface area contributed by atoms with Crippen molar-refractivity contribution < 1.29 is 4.79 Å². The molecule has 3 rings (SSSR count). The molecule has 1 aromatic heterocycles. The summed E-state index contributed by atoms with van der Waals surface area (Å²) in [6, 6.07) is 12.8. The lowest BCUT2D eigenvalue weighted by Gasteiger charge is -2.16. The zero-order valence-corrected chi connectivity index (χ0v) is 15.5. The van der Waals surface area contributed by atoms with Crippen molar-refractivity contribution in [3.63, 3.8) is 0 Å². The van der Waals surface area contributed by atoms with Gasteiger partial charge in [-0.3, -0.25) is 9.69 Å². The number of aromatic nitrogens is 2. The lowest BCUT2D eigenvalue weighted by molar-refractivity contribution is -0.117. The quantitative estimate of drug-likeness (QED) is 0.733. The molecule has 0 bridgehead atoms. The van der Waals surface area contributed by atoms with Crippen molar-refractivity contribution in [1.29, 1.82) is 0 Å². The standard InChI is InChI=1S/C18H18Cl2N4O/c1-23(11-18(25)22-14-6-4-3-5-13(14)20)10-17-21-15-9-12(19)7-8-16(15)24(17)2/h3-9H,10-11H2,1-2H3,(H,22,25). The van der Waals surface area contributed by atoms with Crippen molar-refractivity contribution in [3.05, 3.63) is 58.3 Å². The first-order chi connectivity index (χ1) is 11.9. The minimum atomic E-state index is -0.127. The maximum atomic E-state index is 12.2. The van der Waals surface area contributed by atoms with Gasteiger partial charge >= 0.3 is 0 Å². The minimum Gasteiger partial charge on any atom is -0.330 e. The van der Waals surface area contributed by atoms with Gasteiger partial charge in [-0.2, -0.15) is 0 Å². The fourth-order valence-electron chi connectivity index (χ4n) is 2.66. The normalized spacial score (nSPS) is 11.2. The third-order valence-electron chi connectivity index (χ3n) is 3.91. The summed E-state index contributed by atoms with van der Waals surface area (Å²) in [7, 11) is 3.83. The number of hydrogen-bond donors (Lipinski definition) is 1. The molecular formula is C18H18Cl2N4O. The summed E-state index contributed by atoms with van der Waals surface area (Å²) in [5, 5.41) is 3.99. The second-order valence-corrected chi connectivity index (χ2v) is 6.76. The number of likely N-dealkylation sites (N-methyl/N-ethyl adjacent to an activating group) is 1. The lowest BCUT2D eigenvalue weighted by Crippen LogP contribution is -2.30. The zero-order chi connectivity index (χ0) is 18.0. The van der Waals surface area contributed by atoms with Gasteiger partial charge in [0.05, 0.1) is 34.8 Å². The topological polar surface area (TPSA) is 50.2 Å². The number of fused-ring (bicyclic) bond motifs is 1. The fourth-order valence-corrected chi connectivity index (χ4v) is 3.01. The predicted molar refractivity (Wildman–Crippen MR) is 102 cm³/mol. The molecule has 0 aliphatic heterocycles. The predicted octanol–water partition coefficient (Wildman–Crippen LogP) is 3.95. The Labute approximate surface area is 156 Å². The van der Waals surface area contributed by atoms with Crippen LogP contribution in [0.4, 0.5) is 5.69 Å². The molecule has 0 atom stereocenters. The number of anilines is 1. The van der Waals surface area contributed by atoms with E-state index in [1.54, 1.807) is 12.1 Å². The molecule has 0 aliphatic rings. The molecule has 0 radical (unpaired) electrons. The van der Waals surface area contributed by atoms with Gasteiger partial charge in [0.1, 0.15) is 5.82 Å². The van der Waals surface area contributed by atoms with E-state index in [-0.39, 0.29) is 12.5 Å². The summed E-state index contributed by atoms with van der Waals surface area (Å²) < 4.78 is 2.01. The molecule has 0 saturated heterocycles. The molecular weight excluding hydrogens is 359 g/mol. The van der Waals surface area contributed by atoms with Gasteiger partial charge in [-0.15, -0.1) is 0 Å². The third-order valence-corrected chi connectivity index (χ3v) is 4.47. The zero-order valence-electron chi connectivity index (χ0n) is 14.0. The third kappa shape index (κ3) is 4.12. The number of nitrogens with one attached hydrogen (secondary N) is 1. The van der Waals surface area contributed by atoms with Crippen molar-refractivity contribution in [2.75, 3.05) is 18.9 Å². The van der Waals surface area contributed by atoms with Crippen LogP contribution in [0, 0.1) is 0 Å². The number of aryl methyl sites for hydroxylation is 1. The van der Waals surface area contributed by atoms with Crippen LogP contribution in [0.15, 0.2) is 42.5 Å². The van der Waals surface area contributed by atoms with Crippen LogP contribution in [0.2, 0.25) is 10.0 Å². The molecule has 1 amide bonds. The molecule has 25 heavy (non-hydrogen) atoms. The van der Waals surface area contributed by atoms with Crippen LogP contribution in [0.5, 0.6) is 0 Å². The van der Waals surface area contributed by atoms with Gasteiger partial charge in [-0.25, -0.2) is 4.98 Å². The van der Waals surface area contributed by atoms with Crippen LogP contribution < -0.4 is 5.32 Å². The summed E-state index contributed by atoms with van der Waals surface area (Å²) >= 11 is 12.1. The highest BCUT2D eigenvalue weighted by Gasteiger charge is 2.13. The molecule has 3 aromatic rings. The summed E-state index contributed by atoms with van der Waals surface area (Å²) in [6.07, 6.45) is 0. The summed E-state index contributed by atoms with van der Waals surface area (Å²) in [4.78, 5) is 18.7. The van der Waals surface area contributed by atoms with Crippen LogP contribution in [-0.4, -0.2) is 34.0 Å². The van der Waals surface area contributed by atoms with Gasteiger partial charge in [0.25, 0.3) is 0 Å². The number of benzene rings is 2. The number of para-hydroxylation sites is 1. The molecule has 0 aliphatic carbocycles. The first-order valence-corrected chi connectivity index (χ1v) is 8.53. The average molecular weight is 377 g/mol. The number of imidazole rings is 1. The molecule has 2 aromatic carbocycles. The van der Waals surface area contributed by atoms with Crippen LogP contribution in [0.25, 0.3) is 11.0 Å². The number of halogens is 2. The molecule has 1 N–H and O–H groups in total. The van der Waals surface area contributed by atoms with E-state index in [4.69, 9.17) is 23.2 Å². The Bertz CT molecular complexity index is 923. The van der Waals surface area contributed by atoms with Crippen LogP contribution >= 0.6 is 23.2 Å². The Morgan fingerprint density at radius 3 is 2.76 bits per heavy atom. The van der Waals surface area contributed by atoms with E-state index >= 15 is 0 Å². The number of hydrogen-bond acceptors (Lipinski definition) is 3. The highest BCUT2D eigenvalue weighted by atomic mass is 35.5. The van der Waals surface area contributed by atoms with E-state index in [9.17, 15) is 4.79 Å². The first-order valence-electron chi connectivity index (χ1n) is 7.78. The Kier molecular flexibility index (Phi) is 5.27. The van der Waals surface area contributed by atoms with E-state index in [0.717, 1.165) is 16.9 Å². The summed E-state index contributed by atoms with van der Waals surface area (Å²) in [5.74, 6) is 0.739. The number of carbonyl (C=O) groups excluding carboxylic acids is 1. The largest absolute Gasteiger partial charge is 0.330 e. The number of nitrogens with zero attached hydrogens (tertiary/aromatic N) is 3. The number of carbonyl (C=O) groups is 1. The summed E-state index contributed by atoms with van der Waals surface area (Å²) in [5.41, 5.74) is 2.46. The van der Waals surface area contributed by atoms with E-state index in [0.29, 0.717) is 22.3 Å². The Morgan fingerprint density at radius 1 is 1.24 bits per heavy atom. The van der Waals surface area contributed by atoms with Crippen molar-refractivity contribution in [2.45, 2.75) is 6.54 Å². The monoisotopic (exact) mass is 376 g/mol. The Hall–Kier alpha value is -2.08. The Morgan fingerprint density at radius 2 is 2.00 bits per heavy atom.